The van der Waals surface area contributed by atoms with Crippen LogP contribution in [0.1, 0.15) is 15.9 Å². The third kappa shape index (κ3) is 3.04. The highest BCUT2D eigenvalue weighted by molar-refractivity contribution is 6.05. The maximum absolute atomic E-state index is 12.3. The Morgan fingerprint density at radius 2 is 1.64 bits per heavy atom. The minimum absolute atomic E-state index is 0.0725. The number of carbonyl (C=O) groups is 1. The average Bonchev–Trinajstić information content (AvgIpc) is 3.02. The number of rotatable bonds is 4. The van der Waals surface area contributed by atoms with Gasteiger partial charge in [0.1, 0.15) is 5.56 Å². The van der Waals surface area contributed by atoms with Crippen molar-refractivity contribution >= 4 is 23.0 Å². The van der Waals surface area contributed by atoms with Crippen molar-refractivity contribution < 1.29 is 24.1 Å². The summed E-state index contributed by atoms with van der Waals surface area (Å²) in [5.41, 5.74) is -0.938. The van der Waals surface area contributed by atoms with Gasteiger partial charge in [-0.15, -0.1) is 0 Å². The predicted molar refractivity (Wildman–Crippen MR) is 85.0 cm³/mol. The highest BCUT2D eigenvalue weighted by atomic mass is 16.7. The first kappa shape index (κ1) is 16.2. The number of benzene rings is 2. The molecule has 0 radical (unpaired) electrons. The van der Waals surface area contributed by atoms with E-state index >= 15 is 0 Å². The van der Waals surface area contributed by atoms with Crippen LogP contribution in [0.3, 0.4) is 0 Å². The maximum Gasteiger partial charge on any atom is 0.279 e. The Kier molecular flexibility index (Phi) is 3.93. The molecule has 1 amide bonds. The number of nitrogens with zero attached hydrogens (tertiary/aromatic N) is 2. The lowest BCUT2D eigenvalue weighted by molar-refractivity contribution is -0.395. The van der Waals surface area contributed by atoms with Gasteiger partial charge in [-0.1, -0.05) is 0 Å². The van der Waals surface area contributed by atoms with Crippen LogP contribution >= 0.6 is 0 Å². The topological polar surface area (TPSA) is 134 Å². The predicted octanol–water partition coefficient (Wildman–Crippen LogP) is 2.79. The number of anilines is 1. The van der Waals surface area contributed by atoms with E-state index in [1.54, 1.807) is 12.1 Å². The van der Waals surface area contributed by atoms with Crippen LogP contribution in [-0.2, 0) is 0 Å². The van der Waals surface area contributed by atoms with Crippen molar-refractivity contribution in [1.29, 1.82) is 0 Å². The lowest BCUT2D eigenvalue weighted by Crippen LogP contribution is -2.13. The molecule has 128 valence electrons. The second kappa shape index (κ2) is 6.07. The molecular formula is C15H11N3O7. The Bertz CT molecular complexity index is 875. The standard InChI is InChI=1S/C15H11N3O7/c1-8-11(17(20)21)4-9(5-12(8)18(22)23)15(19)16-10-2-3-13-14(6-10)25-7-24-13/h2-6H,7H2,1H3,(H,16,19). The lowest BCUT2D eigenvalue weighted by atomic mass is 10.1. The van der Waals surface area contributed by atoms with Crippen LogP contribution in [0.25, 0.3) is 0 Å². The molecule has 1 heterocycles. The normalized spacial score (nSPS) is 11.9. The highest BCUT2D eigenvalue weighted by Crippen LogP contribution is 2.35. The first-order valence-corrected chi connectivity index (χ1v) is 7.01. The number of hydrogen-bond acceptors (Lipinski definition) is 7. The fourth-order valence-corrected chi connectivity index (χ4v) is 2.37. The molecule has 0 aliphatic carbocycles. The van der Waals surface area contributed by atoms with Gasteiger partial charge in [0.15, 0.2) is 11.5 Å². The molecule has 1 aliphatic heterocycles. The molecule has 0 fully saturated rings. The Hall–Kier alpha value is -3.69. The SMILES string of the molecule is Cc1c([N+](=O)[O-])cc(C(=O)Nc2ccc3c(c2)OCO3)cc1[N+](=O)[O-]. The van der Waals surface area contributed by atoms with E-state index in [1.165, 1.54) is 13.0 Å². The van der Waals surface area contributed by atoms with Gasteiger partial charge >= 0.3 is 0 Å². The van der Waals surface area contributed by atoms with Gasteiger partial charge in [0.2, 0.25) is 6.79 Å². The monoisotopic (exact) mass is 345 g/mol. The Labute approximate surface area is 140 Å². The molecule has 1 aliphatic rings. The van der Waals surface area contributed by atoms with E-state index in [2.05, 4.69) is 5.32 Å². The summed E-state index contributed by atoms with van der Waals surface area (Å²) < 4.78 is 10.3. The number of amides is 1. The summed E-state index contributed by atoms with van der Waals surface area (Å²) in [6, 6.07) is 6.69. The van der Waals surface area contributed by atoms with Crippen molar-refractivity contribution in [2.24, 2.45) is 0 Å². The Balaban J connectivity index is 1.94. The average molecular weight is 345 g/mol. The van der Waals surface area contributed by atoms with Gasteiger partial charge in [-0.05, 0) is 19.1 Å². The Morgan fingerprint density at radius 1 is 1.04 bits per heavy atom. The minimum Gasteiger partial charge on any atom is -0.454 e. The number of nitro benzene ring substituents is 2. The second-order valence-electron chi connectivity index (χ2n) is 5.18. The Morgan fingerprint density at radius 3 is 2.24 bits per heavy atom. The zero-order valence-electron chi connectivity index (χ0n) is 12.8. The second-order valence-corrected chi connectivity index (χ2v) is 5.18. The van der Waals surface area contributed by atoms with Gasteiger partial charge < -0.3 is 14.8 Å². The molecule has 0 atom stereocenters. The molecule has 2 aromatic rings. The van der Waals surface area contributed by atoms with Gasteiger partial charge in [-0.25, -0.2) is 0 Å². The number of ether oxygens (including phenoxy) is 2. The van der Waals surface area contributed by atoms with E-state index in [9.17, 15) is 25.0 Å². The maximum atomic E-state index is 12.3. The fraction of sp³-hybridized carbons (Fsp3) is 0.133. The third-order valence-electron chi connectivity index (χ3n) is 3.64. The number of carbonyl (C=O) groups excluding carboxylic acids is 1. The van der Waals surface area contributed by atoms with Crippen LogP contribution in [0.4, 0.5) is 17.1 Å². The fourth-order valence-electron chi connectivity index (χ4n) is 2.37. The number of nitrogens with one attached hydrogen (secondary N) is 1. The van der Waals surface area contributed by atoms with E-state index in [4.69, 9.17) is 9.47 Å². The van der Waals surface area contributed by atoms with Crippen LogP contribution in [0.5, 0.6) is 11.5 Å². The molecule has 1 N–H and O–H groups in total. The van der Waals surface area contributed by atoms with Crippen molar-refractivity contribution in [3.05, 3.63) is 61.7 Å². The van der Waals surface area contributed by atoms with Crippen LogP contribution in [-0.4, -0.2) is 22.5 Å². The zero-order valence-corrected chi connectivity index (χ0v) is 12.8. The van der Waals surface area contributed by atoms with E-state index in [-0.39, 0.29) is 17.9 Å². The molecular weight excluding hydrogens is 334 g/mol. The molecule has 3 rings (SSSR count). The van der Waals surface area contributed by atoms with Crippen LogP contribution < -0.4 is 14.8 Å². The summed E-state index contributed by atoms with van der Waals surface area (Å²) >= 11 is 0. The molecule has 0 bridgehead atoms. The smallest absolute Gasteiger partial charge is 0.279 e. The number of hydrogen-bond donors (Lipinski definition) is 1. The van der Waals surface area contributed by atoms with Crippen molar-refractivity contribution in [2.45, 2.75) is 6.92 Å². The molecule has 0 unspecified atom stereocenters. The molecule has 10 heteroatoms. The molecule has 0 saturated carbocycles. The van der Waals surface area contributed by atoms with E-state index in [0.717, 1.165) is 12.1 Å². The third-order valence-corrected chi connectivity index (χ3v) is 3.64. The molecule has 0 aromatic heterocycles. The molecule has 25 heavy (non-hydrogen) atoms. The van der Waals surface area contributed by atoms with Crippen molar-refractivity contribution in [3.8, 4) is 11.5 Å². The van der Waals surface area contributed by atoms with E-state index < -0.39 is 27.1 Å². The highest BCUT2D eigenvalue weighted by Gasteiger charge is 2.25. The number of fused-ring (bicyclic) bond motifs is 1. The summed E-state index contributed by atoms with van der Waals surface area (Å²) in [6.45, 7) is 1.33. The molecule has 0 spiro atoms. The quantitative estimate of drug-likeness (QED) is 0.665. The van der Waals surface area contributed by atoms with Crippen LogP contribution in [0.2, 0.25) is 0 Å². The van der Waals surface area contributed by atoms with Gasteiger partial charge in [-0.2, -0.15) is 0 Å². The summed E-state index contributed by atoms with van der Waals surface area (Å²) in [4.78, 5) is 33.0. The summed E-state index contributed by atoms with van der Waals surface area (Å²) in [5.74, 6) is 0.253. The molecule has 0 saturated heterocycles. The molecule has 2 aromatic carbocycles. The van der Waals surface area contributed by atoms with E-state index in [0.29, 0.717) is 17.2 Å². The van der Waals surface area contributed by atoms with Gasteiger partial charge in [0.05, 0.1) is 15.4 Å². The first-order chi connectivity index (χ1) is 11.9. The van der Waals surface area contributed by atoms with Gasteiger partial charge in [0.25, 0.3) is 17.3 Å². The summed E-state index contributed by atoms with van der Waals surface area (Å²) in [6.07, 6.45) is 0. The van der Waals surface area contributed by atoms with Crippen molar-refractivity contribution in [2.75, 3.05) is 12.1 Å². The summed E-state index contributed by atoms with van der Waals surface area (Å²) in [7, 11) is 0. The summed E-state index contributed by atoms with van der Waals surface area (Å²) in [5, 5.41) is 24.7. The minimum atomic E-state index is -0.764. The largest absolute Gasteiger partial charge is 0.454 e. The van der Waals surface area contributed by atoms with Crippen LogP contribution in [0.15, 0.2) is 30.3 Å². The molecule has 10 nitrogen and oxygen atoms in total. The zero-order chi connectivity index (χ0) is 18.1. The van der Waals surface area contributed by atoms with Crippen molar-refractivity contribution in [1.82, 2.24) is 0 Å². The van der Waals surface area contributed by atoms with Crippen molar-refractivity contribution in [3.63, 3.8) is 0 Å². The first-order valence-electron chi connectivity index (χ1n) is 7.01. The van der Waals surface area contributed by atoms with Gasteiger partial charge in [-0.3, -0.25) is 25.0 Å². The lowest BCUT2D eigenvalue weighted by Gasteiger charge is -2.07. The van der Waals surface area contributed by atoms with Crippen LogP contribution in [0, 0.1) is 27.2 Å². The number of nitro groups is 2. The van der Waals surface area contributed by atoms with E-state index in [1.807, 2.05) is 0 Å². The van der Waals surface area contributed by atoms with Gasteiger partial charge in [0, 0.05) is 23.9 Å².